The summed E-state index contributed by atoms with van der Waals surface area (Å²) in [5.74, 6) is 0.0541. The first-order valence-corrected chi connectivity index (χ1v) is 9.50. The molecule has 0 radical (unpaired) electrons. The van der Waals surface area contributed by atoms with Crippen LogP contribution in [0.1, 0.15) is 20.3 Å². The topological polar surface area (TPSA) is 92.9 Å². The lowest BCUT2D eigenvalue weighted by Gasteiger charge is -2.28. The number of nitrogens with zero attached hydrogens (tertiary/aromatic N) is 2. The molecule has 24 heavy (non-hydrogen) atoms. The van der Waals surface area contributed by atoms with Gasteiger partial charge in [0, 0.05) is 25.7 Å². The third kappa shape index (κ3) is 3.40. The number of rotatable bonds is 6. The first-order chi connectivity index (χ1) is 11.4. The minimum atomic E-state index is -3.88. The molecule has 8 heteroatoms. The summed E-state index contributed by atoms with van der Waals surface area (Å²) >= 11 is 0. The summed E-state index contributed by atoms with van der Waals surface area (Å²) in [6.45, 7) is 4.93. The van der Waals surface area contributed by atoms with Crippen LogP contribution in [0.25, 0.3) is 0 Å². The molecule has 2 N–H and O–H groups in total. The Balaban J connectivity index is 2.42. The number of ether oxygens (including phenoxy) is 1. The lowest BCUT2D eigenvalue weighted by atomic mass is 10.1. The molecule has 2 rings (SSSR count). The van der Waals surface area contributed by atoms with Crippen molar-refractivity contribution in [1.29, 1.82) is 0 Å². The zero-order valence-electron chi connectivity index (χ0n) is 14.3. The first-order valence-electron chi connectivity index (χ1n) is 8.06. The molecule has 1 aliphatic heterocycles. The van der Waals surface area contributed by atoms with Crippen LogP contribution in [0.2, 0.25) is 0 Å². The van der Waals surface area contributed by atoms with E-state index in [2.05, 4.69) is 0 Å². The Morgan fingerprint density at radius 2 is 1.96 bits per heavy atom. The SMILES string of the molecule is CCN(CC)C(=O)[C@@H]1C[C@H](N)CN1S(=O)(=O)c1ccccc1OC. The summed E-state index contributed by atoms with van der Waals surface area (Å²) in [4.78, 5) is 14.4. The van der Waals surface area contributed by atoms with E-state index in [1.54, 1.807) is 23.1 Å². The summed E-state index contributed by atoms with van der Waals surface area (Å²) in [5, 5.41) is 0. The third-order valence-electron chi connectivity index (χ3n) is 4.30. The van der Waals surface area contributed by atoms with E-state index >= 15 is 0 Å². The maximum atomic E-state index is 13.1. The number of para-hydroxylation sites is 1. The van der Waals surface area contributed by atoms with Gasteiger partial charge in [0.1, 0.15) is 16.7 Å². The summed E-state index contributed by atoms with van der Waals surface area (Å²) < 4.78 is 32.6. The van der Waals surface area contributed by atoms with Crippen molar-refractivity contribution in [2.75, 3.05) is 26.7 Å². The van der Waals surface area contributed by atoms with E-state index in [1.165, 1.54) is 17.5 Å². The minimum absolute atomic E-state index is 0.0546. The molecule has 1 aliphatic rings. The molecule has 134 valence electrons. The Morgan fingerprint density at radius 3 is 2.54 bits per heavy atom. The number of likely N-dealkylation sites (N-methyl/N-ethyl adjacent to an activating group) is 1. The standard InChI is InChI=1S/C16H25N3O4S/c1-4-18(5-2)16(20)13-10-12(17)11-19(13)24(21,22)15-9-7-6-8-14(15)23-3/h6-9,12-13H,4-5,10-11,17H2,1-3H3/t12-,13-/m0/s1. The van der Waals surface area contributed by atoms with Crippen LogP contribution in [-0.2, 0) is 14.8 Å². The van der Waals surface area contributed by atoms with Gasteiger partial charge in [-0.1, -0.05) is 12.1 Å². The molecule has 2 atom stereocenters. The fourth-order valence-corrected chi connectivity index (χ4v) is 4.84. The number of benzene rings is 1. The predicted molar refractivity (Wildman–Crippen MR) is 91.2 cm³/mol. The van der Waals surface area contributed by atoms with Crippen LogP contribution in [0.4, 0.5) is 0 Å². The molecule has 0 spiro atoms. The Bertz CT molecular complexity index is 688. The van der Waals surface area contributed by atoms with E-state index in [9.17, 15) is 13.2 Å². The highest BCUT2D eigenvalue weighted by atomic mass is 32.2. The number of carbonyl (C=O) groups excluding carboxylic acids is 1. The summed E-state index contributed by atoms with van der Waals surface area (Å²) in [6.07, 6.45) is 0.323. The Morgan fingerprint density at radius 1 is 1.33 bits per heavy atom. The van der Waals surface area contributed by atoms with Crippen molar-refractivity contribution in [1.82, 2.24) is 9.21 Å². The molecule has 0 aromatic heterocycles. The normalized spacial score (nSPS) is 21.7. The van der Waals surface area contributed by atoms with Crippen molar-refractivity contribution in [3.05, 3.63) is 24.3 Å². The zero-order chi connectivity index (χ0) is 17.9. The number of carbonyl (C=O) groups is 1. The summed E-state index contributed by atoms with van der Waals surface area (Å²) in [5.41, 5.74) is 5.97. The van der Waals surface area contributed by atoms with Crippen molar-refractivity contribution in [3.63, 3.8) is 0 Å². The van der Waals surface area contributed by atoms with Gasteiger partial charge in [0.05, 0.1) is 7.11 Å². The molecule has 0 aliphatic carbocycles. The van der Waals surface area contributed by atoms with Gasteiger partial charge < -0.3 is 15.4 Å². The van der Waals surface area contributed by atoms with Crippen LogP contribution < -0.4 is 10.5 Å². The molecule has 1 fully saturated rings. The molecule has 0 saturated carbocycles. The van der Waals surface area contributed by atoms with Crippen molar-refractivity contribution < 1.29 is 17.9 Å². The number of amides is 1. The fraction of sp³-hybridized carbons (Fsp3) is 0.562. The fourth-order valence-electron chi connectivity index (χ4n) is 3.03. The van der Waals surface area contributed by atoms with Crippen LogP contribution in [0.15, 0.2) is 29.2 Å². The Hall–Kier alpha value is -1.64. The first kappa shape index (κ1) is 18.7. The molecule has 0 bridgehead atoms. The van der Waals surface area contributed by atoms with Gasteiger partial charge in [-0.3, -0.25) is 4.79 Å². The van der Waals surface area contributed by atoms with Crippen molar-refractivity contribution in [2.24, 2.45) is 5.73 Å². The highest BCUT2D eigenvalue weighted by molar-refractivity contribution is 7.89. The number of hydrogen-bond acceptors (Lipinski definition) is 5. The van der Waals surface area contributed by atoms with Crippen LogP contribution in [0.5, 0.6) is 5.75 Å². The van der Waals surface area contributed by atoms with E-state index in [1.807, 2.05) is 13.8 Å². The molecule has 1 aromatic rings. The smallest absolute Gasteiger partial charge is 0.247 e. The number of nitrogens with two attached hydrogens (primary N) is 1. The second kappa shape index (κ2) is 7.50. The van der Waals surface area contributed by atoms with E-state index in [0.717, 1.165) is 0 Å². The maximum absolute atomic E-state index is 13.1. The van der Waals surface area contributed by atoms with E-state index in [4.69, 9.17) is 10.5 Å². The van der Waals surface area contributed by atoms with Crippen LogP contribution in [-0.4, -0.2) is 62.4 Å². The molecule has 0 unspecified atom stereocenters. The molecule has 1 aromatic carbocycles. The van der Waals surface area contributed by atoms with E-state index in [0.29, 0.717) is 19.5 Å². The van der Waals surface area contributed by atoms with E-state index < -0.39 is 16.1 Å². The summed E-state index contributed by atoms with van der Waals surface area (Å²) in [7, 11) is -2.46. The lowest BCUT2D eigenvalue weighted by molar-refractivity contribution is -0.134. The van der Waals surface area contributed by atoms with Crippen LogP contribution in [0.3, 0.4) is 0 Å². The highest BCUT2D eigenvalue weighted by Gasteiger charge is 2.44. The number of hydrogen-bond donors (Lipinski definition) is 1. The minimum Gasteiger partial charge on any atom is -0.495 e. The molecule has 1 heterocycles. The van der Waals surface area contributed by atoms with Crippen molar-refractivity contribution in [2.45, 2.75) is 37.2 Å². The quantitative estimate of drug-likeness (QED) is 0.809. The molecule has 1 saturated heterocycles. The van der Waals surface area contributed by atoms with Gasteiger partial charge in [0.15, 0.2) is 0 Å². The second-order valence-electron chi connectivity index (χ2n) is 5.75. The van der Waals surface area contributed by atoms with E-state index in [-0.39, 0.29) is 29.1 Å². The van der Waals surface area contributed by atoms with Gasteiger partial charge in [0.25, 0.3) is 0 Å². The average molecular weight is 355 g/mol. The van der Waals surface area contributed by atoms with Gasteiger partial charge in [0.2, 0.25) is 15.9 Å². The second-order valence-corrected chi connectivity index (χ2v) is 7.61. The molecular weight excluding hydrogens is 330 g/mol. The Kier molecular flexibility index (Phi) is 5.84. The predicted octanol–water partition coefficient (Wildman–Crippen LogP) is 0.654. The van der Waals surface area contributed by atoms with Gasteiger partial charge in [-0.25, -0.2) is 8.42 Å². The lowest BCUT2D eigenvalue weighted by Crippen LogP contribution is -2.47. The third-order valence-corrected chi connectivity index (χ3v) is 6.22. The van der Waals surface area contributed by atoms with Crippen LogP contribution >= 0.6 is 0 Å². The molecular formula is C16H25N3O4S. The van der Waals surface area contributed by atoms with Crippen molar-refractivity contribution in [3.8, 4) is 5.75 Å². The van der Waals surface area contributed by atoms with Gasteiger partial charge in [-0.05, 0) is 32.4 Å². The monoisotopic (exact) mass is 355 g/mol. The van der Waals surface area contributed by atoms with Gasteiger partial charge >= 0.3 is 0 Å². The van der Waals surface area contributed by atoms with Gasteiger partial charge in [-0.15, -0.1) is 0 Å². The van der Waals surface area contributed by atoms with Crippen molar-refractivity contribution >= 4 is 15.9 Å². The number of sulfonamides is 1. The average Bonchev–Trinajstić information content (AvgIpc) is 2.98. The zero-order valence-corrected chi connectivity index (χ0v) is 15.1. The Labute approximate surface area is 143 Å². The highest BCUT2D eigenvalue weighted by Crippen LogP contribution is 2.31. The van der Waals surface area contributed by atoms with Crippen LogP contribution in [0, 0.1) is 0 Å². The maximum Gasteiger partial charge on any atom is 0.247 e. The molecule has 1 amide bonds. The largest absolute Gasteiger partial charge is 0.495 e. The summed E-state index contributed by atoms with van der Waals surface area (Å²) in [6, 6.07) is 5.27. The number of methoxy groups -OCH3 is 1. The van der Waals surface area contributed by atoms with Gasteiger partial charge in [-0.2, -0.15) is 4.31 Å². The molecule has 7 nitrogen and oxygen atoms in total.